The summed E-state index contributed by atoms with van der Waals surface area (Å²) in [5.41, 5.74) is 0. The van der Waals surface area contributed by atoms with E-state index in [0.717, 1.165) is 12.3 Å². The van der Waals surface area contributed by atoms with Crippen molar-refractivity contribution < 1.29 is 9.53 Å². The van der Waals surface area contributed by atoms with E-state index in [0.29, 0.717) is 12.0 Å². The van der Waals surface area contributed by atoms with Crippen molar-refractivity contribution in [2.24, 2.45) is 11.8 Å². The summed E-state index contributed by atoms with van der Waals surface area (Å²) in [6.45, 7) is 6.29. The van der Waals surface area contributed by atoms with E-state index in [1.165, 1.54) is 12.8 Å². The van der Waals surface area contributed by atoms with E-state index in [1.54, 1.807) is 14.0 Å². The Labute approximate surface area is 92.6 Å². The van der Waals surface area contributed by atoms with Gasteiger partial charge in [0.15, 0.2) is 0 Å². The second kappa shape index (κ2) is 5.50. The average Bonchev–Trinajstić information content (AvgIpc) is 2.20. The number of hydrogen-bond acceptors (Lipinski definition) is 2. The van der Waals surface area contributed by atoms with E-state index >= 15 is 0 Å². The quantitative estimate of drug-likeness (QED) is 0.778. The van der Waals surface area contributed by atoms with Gasteiger partial charge in [-0.05, 0) is 38.0 Å². The van der Waals surface area contributed by atoms with Gasteiger partial charge in [0.25, 0.3) is 0 Å². The van der Waals surface area contributed by atoms with Crippen LogP contribution in [0.3, 0.4) is 0 Å². The highest BCUT2D eigenvalue weighted by Gasteiger charge is 2.27. The molecule has 1 amide bonds. The van der Waals surface area contributed by atoms with Crippen LogP contribution in [0.5, 0.6) is 0 Å². The summed E-state index contributed by atoms with van der Waals surface area (Å²) < 4.78 is 5.00. The van der Waals surface area contributed by atoms with Gasteiger partial charge in [-0.3, -0.25) is 4.79 Å². The second-order valence-electron chi connectivity index (χ2n) is 4.89. The molecular weight excluding hydrogens is 190 g/mol. The Bertz CT molecular complexity index is 218. The fourth-order valence-electron chi connectivity index (χ4n) is 2.29. The zero-order valence-electron chi connectivity index (χ0n) is 10.2. The molecule has 1 aliphatic rings. The Hall–Kier alpha value is -0.570. The minimum Gasteiger partial charge on any atom is -0.372 e. The third-order valence-electron chi connectivity index (χ3n) is 3.48. The fourth-order valence-corrected chi connectivity index (χ4v) is 2.29. The number of carbonyl (C=O) groups is 1. The normalized spacial score (nSPS) is 33.5. The van der Waals surface area contributed by atoms with E-state index < -0.39 is 0 Å². The molecule has 3 nitrogen and oxygen atoms in total. The highest BCUT2D eigenvalue weighted by Crippen LogP contribution is 2.28. The highest BCUT2D eigenvalue weighted by molar-refractivity contribution is 5.80. The van der Waals surface area contributed by atoms with Crippen LogP contribution in [0.25, 0.3) is 0 Å². The Balaban J connectivity index is 2.41. The van der Waals surface area contributed by atoms with Gasteiger partial charge in [-0.15, -0.1) is 0 Å². The number of amides is 1. The van der Waals surface area contributed by atoms with Crippen molar-refractivity contribution in [1.82, 2.24) is 5.32 Å². The average molecular weight is 213 g/mol. The molecule has 0 aromatic rings. The standard InChI is InChI=1S/C12H23NO2/c1-8-5-6-11(9(2)7-8)13-12(14)10(3)15-4/h8-11H,5-7H2,1-4H3,(H,13,14). The van der Waals surface area contributed by atoms with Crippen molar-refractivity contribution in [3.63, 3.8) is 0 Å². The zero-order valence-corrected chi connectivity index (χ0v) is 10.2. The van der Waals surface area contributed by atoms with E-state index in [-0.39, 0.29) is 12.0 Å². The molecule has 0 saturated heterocycles. The molecule has 0 radical (unpaired) electrons. The molecule has 0 aromatic heterocycles. The number of methoxy groups -OCH3 is 1. The van der Waals surface area contributed by atoms with Gasteiger partial charge in [0.2, 0.25) is 5.91 Å². The van der Waals surface area contributed by atoms with E-state index in [4.69, 9.17) is 4.74 Å². The molecule has 1 N–H and O–H groups in total. The highest BCUT2D eigenvalue weighted by atomic mass is 16.5. The Morgan fingerprint density at radius 2 is 2.07 bits per heavy atom. The van der Waals surface area contributed by atoms with Gasteiger partial charge >= 0.3 is 0 Å². The maximum Gasteiger partial charge on any atom is 0.249 e. The molecule has 4 unspecified atom stereocenters. The summed E-state index contributed by atoms with van der Waals surface area (Å²) in [6.07, 6.45) is 3.20. The van der Waals surface area contributed by atoms with Crippen LogP contribution in [0.15, 0.2) is 0 Å². The molecule has 1 aliphatic carbocycles. The Morgan fingerprint density at radius 3 is 2.60 bits per heavy atom. The predicted octanol–water partition coefficient (Wildman–Crippen LogP) is 1.96. The van der Waals surface area contributed by atoms with Crippen molar-refractivity contribution in [2.75, 3.05) is 7.11 Å². The van der Waals surface area contributed by atoms with Crippen LogP contribution in [0.4, 0.5) is 0 Å². The first-order valence-corrected chi connectivity index (χ1v) is 5.87. The minimum atomic E-state index is -0.337. The van der Waals surface area contributed by atoms with Gasteiger partial charge in [-0.2, -0.15) is 0 Å². The first-order chi connectivity index (χ1) is 7.04. The lowest BCUT2D eigenvalue weighted by Gasteiger charge is -2.33. The van der Waals surface area contributed by atoms with Crippen LogP contribution in [0.1, 0.15) is 40.0 Å². The summed E-state index contributed by atoms with van der Waals surface area (Å²) in [7, 11) is 1.57. The lowest BCUT2D eigenvalue weighted by Crippen LogP contribution is -2.46. The van der Waals surface area contributed by atoms with Crippen molar-refractivity contribution in [3.05, 3.63) is 0 Å². The molecule has 0 spiro atoms. The topological polar surface area (TPSA) is 38.3 Å². The second-order valence-corrected chi connectivity index (χ2v) is 4.89. The predicted molar refractivity (Wildman–Crippen MR) is 60.6 cm³/mol. The van der Waals surface area contributed by atoms with Crippen LogP contribution in [-0.4, -0.2) is 25.2 Å². The molecule has 4 atom stereocenters. The lowest BCUT2D eigenvalue weighted by molar-refractivity contribution is -0.131. The molecule has 15 heavy (non-hydrogen) atoms. The van der Waals surface area contributed by atoms with Crippen molar-refractivity contribution >= 4 is 5.91 Å². The van der Waals surface area contributed by atoms with Gasteiger partial charge in [0, 0.05) is 13.2 Å². The molecule has 0 aromatic carbocycles. The summed E-state index contributed by atoms with van der Waals surface area (Å²) >= 11 is 0. The largest absolute Gasteiger partial charge is 0.372 e. The Kier molecular flexibility index (Phi) is 4.58. The number of nitrogens with one attached hydrogen (secondary N) is 1. The molecule has 1 rings (SSSR count). The number of ether oxygens (including phenoxy) is 1. The fraction of sp³-hybridized carbons (Fsp3) is 0.917. The molecule has 1 fully saturated rings. The molecule has 0 bridgehead atoms. The van der Waals surface area contributed by atoms with Crippen LogP contribution in [-0.2, 0) is 9.53 Å². The maximum absolute atomic E-state index is 11.6. The van der Waals surface area contributed by atoms with E-state index in [9.17, 15) is 4.79 Å². The summed E-state index contributed by atoms with van der Waals surface area (Å²) in [5, 5.41) is 3.08. The van der Waals surface area contributed by atoms with Gasteiger partial charge < -0.3 is 10.1 Å². The Morgan fingerprint density at radius 1 is 1.40 bits per heavy atom. The van der Waals surface area contributed by atoms with Gasteiger partial charge in [0.05, 0.1) is 0 Å². The molecule has 0 heterocycles. The monoisotopic (exact) mass is 213 g/mol. The van der Waals surface area contributed by atoms with Gasteiger partial charge in [0.1, 0.15) is 6.10 Å². The smallest absolute Gasteiger partial charge is 0.249 e. The van der Waals surface area contributed by atoms with Crippen molar-refractivity contribution in [1.29, 1.82) is 0 Å². The van der Waals surface area contributed by atoms with Crippen LogP contribution in [0, 0.1) is 11.8 Å². The molecule has 3 heteroatoms. The van der Waals surface area contributed by atoms with Gasteiger partial charge in [-0.25, -0.2) is 0 Å². The van der Waals surface area contributed by atoms with Crippen LogP contribution >= 0.6 is 0 Å². The lowest BCUT2D eigenvalue weighted by atomic mass is 9.80. The zero-order chi connectivity index (χ0) is 11.4. The molecule has 0 aliphatic heterocycles. The molecular formula is C12H23NO2. The SMILES string of the molecule is COC(C)C(=O)NC1CCC(C)CC1C. The van der Waals surface area contributed by atoms with Crippen molar-refractivity contribution in [3.8, 4) is 0 Å². The molecule has 88 valence electrons. The first kappa shape index (κ1) is 12.5. The van der Waals surface area contributed by atoms with Crippen molar-refractivity contribution in [2.45, 2.75) is 52.2 Å². The minimum absolute atomic E-state index is 0.0175. The third-order valence-corrected chi connectivity index (χ3v) is 3.48. The van der Waals surface area contributed by atoms with Crippen LogP contribution in [0.2, 0.25) is 0 Å². The van der Waals surface area contributed by atoms with Gasteiger partial charge in [-0.1, -0.05) is 13.8 Å². The van der Waals surface area contributed by atoms with E-state index in [1.807, 2.05) is 0 Å². The maximum atomic E-state index is 11.6. The van der Waals surface area contributed by atoms with E-state index in [2.05, 4.69) is 19.2 Å². The number of carbonyl (C=O) groups excluding carboxylic acids is 1. The summed E-state index contributed by atoms with van der Waals surface area (Å²) in [6, 6.07) is 0.339. The first-order valence-electron chi connectivity index (χ1n) is 5.87. The number of rotatable bonds is 3. The molecule has 1 saturated carbocycles. The summed E-state index contributed by atoms with van der Waals surface area (Å²) in [4.78, 5) is 11.6. The number of hydrogen-bond donors (Lipinski definition) is 1. The van der Waals surface area contributed by atoms with Crippen LogP contribution < -0.4 is 5.32 Å². The third kappa shape index (κ3) is 3.49. The summed E-state index contributed by atoms with van der Waals surface area (Å²) in [5.74, 6) is 1.40.